The molecule has 4 atom stereocenters. The zero-order valence-electron chi connectivity index (χ0n) is 42.7. The average Bonchev–Trinajstić information content (AvgIpc) is 4.43. The fraction of sp³-hybridized carbons (Fsp3) is 0.373. The molecule has 4 N–H and O–H groups in total. The van der Waals surface area contributed by atoms with Gasteiger partial charge in [0.25, 0.3) is 11.1 Å². The minimum absolute atomic E-state index is 0. The van der Waals surface area contributed by atoms with Gasteiger partial charge in [-0.1, -0.05) is 30.1 Å². The van der Waals surface area contributed by atoms with Gasteiger partial charge < -0.3 is 34.7 Å². The summed E-state index contributed by atoms with van der Waals surface area (Å²) in [6, 6.07) is 10.1. The molecule has 8 heterocycles. The van der Waals surface area contributed by atoms with E-state index in [1.54, 1.807) is 13.8 Å². The standard InChI is InChI=1S/C25H24FN7O5S.C13H12N6O3S.C12H14FNO3.CH4/c1-14-20-22(35)32(17-6-8-28-21(17)34)25(36)31(24(20)39-23(14)33-29-9-10-30-33)13-19(38-11-3-7-27)16-12-15(26)4-5-18(16)37-2;1-6-8-10(23-12(6)19-15-4-5-16-19)17-13(22)18(11(8)21)7-2-3-14-9(7)20;1-16-11-4-3-9(13)7-10(11)12(8-15)17-6-2-5-14;/h4-5,9-10,12,17,19H,3,6,8,11,13H2,1-2H3,(H,28,34);4-5,7H,2-3H2,1H3,(H,14,20)(H,17,22);3-4,7,12,15H,2,6,8H2,1H3;1H4/t17-,19-;7-;12-;/m000./s1. The zero-order chi connectivity index (χ0) is 56.5. The second-order valence-electron chi connectivity index (χ2n) is 17.4. The van der Waals surface area contributed by atoms with Crippen molar-refractivity contribution in [1.29, 1.82) is 10.5 Å². The number of thiophene rings is 2. The van der Waals surface area contributed by atoms with Crippen molar-refractivity contribution >= 4 is 54.9 Å². The van der Waals surface area contributed by atoms with E-state index < -0.39 is 64.3 Å². The predicted molar refractivity (Wildman–Crippen MR) is 287 cm³/mol. The highest BCUT2D eigenvalue weighted by Crippen LogP contribution is 2.35. The number of carbonyl (C=O) groups excluding carboxylic acids is 2. The zero-order valence-corrected chi connectivity index (χ0v) is 44.3. The molecule has 2 amide bonds. The van der Waals surface area contributed by atoms with Gasteiger partial charge in [0, 0.05) is 35.3 Å². The van der Waals surface area contributed by atoms with Crippen molar-refractivity contribution in [2.45, 2.75) is 77.8 Å². The molecule has 0 radical (unpaired) electrons. The molecule has 2 aliphatic heterocycles. The van der Waals surface area contributed by atoms with Crippen molar-refractivity contribution in [3.8, 4) is 33.6 Å². The van der Waals surface area contributed by atoms with Crippen molar-refractivity contribution in [2.24, 2.45) is 0 Å². The monoisotopic (exact) mass is 1140 g/mol. The minimum atomic E-state index is -0.979. The lowest BCUT2D eigenvalue weighted by Crippen LogP contribution is -2.44. The number of aromatic amines is 1. The van der Waals surface area contributed by atoms with Gasteiger partial charge in [-0.2, -0.15) is 30.9 Å². The normalized spacial score (nSPS) is 15.4. The summed E-state index contributed by atoms with van der Waals surface area (Å²) in [4.78, 5) is 83.5. The van der Waals surface area contributed by atoms with Gasteiger partial charge in [0.1, 0.15) is 67.1 Å². The van der Waals surface area contributed by atoms with Crippen LogP contribution in [0.4, 0.5) is 8.78 Å². The molecular weight excluding hydrogens is 1090 g/mol. The molecule has 0 aliphatic carbocycles. The van der Waals surface area contributed by atoms with Crippen molar-refractivity contribution in [3.63, 3.8) is 0 Å². The predicted octanol–water partition coefficient (Wildman–Crippen LogP) is 4.13. The van der Waals surface area contributed by atoms with Crippen molar-refractivity contribution in [1.82, 2.24) is 59.3 Å². The molecule has 10 rings (SSSR count). The van der Waals surface area contributed by atoms with E-state index in [1.807, 2.05) is 12.1 Å². The first-order valence-electron chi connectivity index (χ1n) is 24.3. The molecule has 2 saturated heterocycles. The van der Waals surface area contributed by atoms with Crippen LogP contribution in [-0.4, -0.2) is 113 Å². The molecule has 0 bridgehead atoms. The first-order chi connectivity index (χ1) is 38.1. The largest absolute Gasteiger partial charge is 0.496 e. The number of aliphatic hydroxyl groups excluding tert-OH is 1. The summed E-state index contributed by atoms with van der Waals surface area (Å²) in [7, 11) is 2.89. The Kier molecular flexibility index (Phi) is 19.4. The summed E-state index contributed by atoms with van der Waals surface area (Å²) in [6.45, 7) is 4.03. The Hall–Kier alpha value is -8.74. The van der Waals surface area contributed by atoms with Crippen molar-refractivity contribution in [3.05, 3.63) is 137 Å². The molecule has 2 aromatic carbocycles. The highest BCUT2D eigenvalue weighted by atomic mass is 32.1. The van der Waals surface area contributed by atoms with Crippen LogP contribution in [0.5, 0.6) is 11.5 Å². The Labute approximate surface area is 460 Å². The highest BCUT2D eigenvalue weighted by Gasteiger charge is 2.34. The summed E-state index contributed by atoms with van der Waals surface area (Å²) >= 11 is 2.37. The Morgan fingerprint density at radius 2 is 1.19 bits per heavy atom. The van der Waals surface area contributed by atoms with Gasteiger partial charge in [0.15, 0.2) is 0 Å². The number of H-pyrrole nitrogens is 1. The maximum absolute atomic E-state index is 14.3. The van der Waals surface area contributed by atoms with E-state index in [0.29, 0.717) is 78.3 Å². The first kappa shape index (κ1) is 58.9. The first-order valence-corrected chi connectivity index (χ1v) is 25.9. The van der Waals surface area contributed by atoms with Gasteiger partial charge in [-0.15, -0.1) is 9.59 Å². The number of carbonyl (C=O) groups is 2. The molecule has 8 aromatic rings. The number of hydrogen-bond donors (Lipinski definition) is 4. The molecule has 0 saturated carbocycles. The Bertz CT molecular complexity index is 3860. The molecule has 25 nitrogen and oxygen atoms in total. The molecular formula is C51H54F2N14O11S2. The molecule has 420 valence electrons. The third-order valence-corrected chi connectivity index (χ3v) is 15.2. The van der Waals surface area contributed by atoms with E-state index in [0.717, 1.165) is 20.5 Å². The average molecular weight is 1140 g/mol. The molecule has 2 fully saturated rings. The number of benzene rings is 2. The number of rotatable bonds is 17. The smallest absolute Gasteiger partial charge is 0.332 e. The van der Waals surface area contributed by atoms with Gasteiger partial charge in [-0.3, -0.25) is 28.7 Å². The second-order valence-corrected chi connectivity index (χ2v) is 19.4. The van der Waals surface area contributed by atoms with E-state index in [1.165, 1.54) is 101 Å². The molecule has 0 unspecified atom stereocenters. The van der Waals surface area contributed by atoms with Crippen LogP contribution in [-0.2, 0) is 25.6 Å². The van der Waals surface area contributed by atoms with E-state index in [9.17, 15) is 42.7 Å². The number of amides is 2. The van der Waals surface area contributed by atoms with E-state index in [2.05, 4.69) is 36.0 Å². The molecule has 0 spiro atoms. The van der Waals surface area contributed by atoms with E-state index in [4.69, 9.17) is 29.5 Å². The molecule has 2 aliphatic rings. The van der Waals surface area contributed by atoms with Gasteiger partial charge in [0.05, 0.1) is 101 Å². The summed E-state index contributed by atoms with van der Waals surface area (Å²) in [5.41, 5.74) is -0.353. The maximum Gasteiger partial charge on any atom is 0.332 e. The number of aromatic nitrogens is 10. The van der Waals surface area contributed by atoms with Crippen LogP contribution in [0.15, 0.2) is 80.4 Å². The number of fused-ring (bicyclic) bond motifs is 2. The number of aryl methyl sites for hydroxylation is 2. The van der Waals surface area contributed by atoms with Gasteiger partial charge in [-0.05, 0) is 63.1 Å². The van der Waals surface area contributed by atoms with Crippen LogP contribution in [0.3, 0.4) is 0 Å². The lowest BCUT2D eigenvalue weighted by molar-refractivity contribution is -0.122. The third-order valence-electron chi connectivity index (χ3n) is 12.7. The van der Waals surface area contributed by atoms with Crippen molar-refractivity contribution in [2.75, 3.05) is 47.1 Å². The van der Waals surface area contributed by atoms with Crippen LogP contribution in [0.2, 0.25) is 0 Å². The topological polar surface area (TPSA) is 323 Å². The second kappa shape index (κ2) is 26.3. The number of halogens is 2. The van der Waals surface area contributed by atoms with Crippen LogP contribution in [0, 0.1) is 48.1 Å². The number of nitriles is 2. The number of ether oxygens (including phenoxy) is 4. The van der Waals surface area contributed by atoms with Gasteiger partial charge in [-0.25, -0.2) is 27.5 Å². The van der Waals surface area contributed by atoms with Crippen LogP contribution in [0.1, 0.15) is 79.7 Å². The van der Waals surface area contributed by atoms with Crippen LogP contribution < -0.4 is 42.6 Å². The number of nitrogens with zero attached hydrogens (tertiary/aromatic N) is 11. The van der Waals surface area contributed by atoms with Gasteiger partial charge in [0.2, 0.25) is 11.8 Å². The Balaban J connectivity index is 0.000000191. The number of aliphatic hydroxyl groups is 1. The molecule has 6 aromatic heterocycles. The minimum Gasteiger partial charge on any atom is -0.496 e. The van der Waals surface area contributed by atoms with Crippen LogP contribution in [0.25, 0.3) is 30.4 Å². The summed E-state index contributed by atoms with van der Waals surface area (Å²) in [5.74, 6) is -0.918. The number of methoxy groups -OCH3 is 2. The Morgan fingerprint density at radius 1 is 0.713 bits per heavy atom. The third kappa shape index (κ3) is 12.1. The van der Waals surface area contributed by atoms with Crippen molar-refractivity contribution < 1.29 is 42.4 Å². The highest BCUT2D eigenvalue weighted by molar-refractivity contribution is 7.21. The van der Waals surface area contributed by atoms with Crippen LogP contribution >= 0.6 is 22.7 Å². The number of hydrogen-bond acceptors (Lipinski definition) is 19. The lowest BCUT2D eigenvalue weighted by atomic mass is 10.1. The molecule has 80 heavy (non-hydrogen) atoms. The quantitative estimate of drug-likeness (QED) is 0.0931. The van der Waals surface area contributed by atoms with Gasteiger partial charge >= 0.3 is 11.4 Å². The number of nitrogens with one attached hydrogen (secondary N) is 3. The summed E-state index contributed by atoms with van der Waals surface area (Å²) in [6.07, 6.45) is 5.42. The lowest BCUT2D eigenvalue weighted by Gasteiger charge is -2.23. The van der Waals surface area contributed by atoms with E-state index >= 15 is 0 Å². The summed E-state index contributed by atoms with van der Waals surface area (Å²) < 4.78 is 52.6. The Morgan fingerprint density at radius 3 is 1.68 bits per heavy atom. The fourth-order valence-corrected chi connectivity index (χ4v) is 11.3. The molecule has 29 heteroatoms. The maximum atomic E-state index is 14.3. The van der Waals surface area contributed by atoms with E-state index in [-0.39, 0.29) is 64.3 Å². The summed E-state index contributed by atoms with van der Waals surface area (Å²) in [5, 5.41) is 50.2. The fourth-order valence-electron chi connectivity index (χ4n) is 9.02. The SMILES string of the molecule is C.COc1ccc(F)cc1[C@H](CO)OCCC#N.COc1ccc(F)cc1[C@H](Cn1c(=O)n([C@H]2CCNC2=O)c(=O)c2c(C)c(-n3nccn3)sc21)OCCC#N.Cc1c(-n2nccn2)sc2[nH]c(=O)n([C@H]3CCNC3=O)c(=O)c12.